The van der Waals surface area contributed by atoms with Gasteiger partial charge in [-0.15, -0.1) is 0 Å². The number of benzene rings is 3. The third kappa shape index (κ3) is 6.97. The number of carbonyl (C=O) groups excluding carboxylic acids is 2. The molecule has 3 rings (SSSR count). The Bertz CT molecular complexity index is 1200. The van der Waals surface area contributed by atoms with Gasteiger partial charge in [0.05, 0.1) is 28.9 Å². The van der Waals surface area contributed by atoms with E-state index in [1.165, 1.54) is 31.5 Å². The summed E-state index contributed by atoms with van der Waals surface area (Å²) in [7, 11) is 1.44. The van der Waals surface area contributed by atoms with E-state index in [0.717, 1.165) is 5.56 Å². The molecule has 1 amide bonds. The summed E-state index contributed by atoms with van der Waals surface area (Å²) in [4.78, 5) is 24.3. The summed E-state index contributed by atoms with van der Waals surface area (Å²) in [6, 6.07) is 16.6. The zero-order valence-electron chi connectivity index (χ0n) is 17.8. The normalized spacial score (nSPS) is 10.7. The summed E-state index contributed by atoms with van der Waals surface area (Å²) in [6.45, 7) is 1.76. The lowest BCUT2D eigenvalue weighted by molar-refractivity contribution is -0.123. The lowest BCUT2D eigenvalue weighted by Crippen LogP contribution is -2.24. The number of amides is 1. The van der Waals surface area contributed by atoms with Crippen molar-refractivity contribution in [3.8, 4) is 17.2 Å². The summed E-state index contributed by atoms with van der Waals surface area (Å²) >= 11 is 11.8. The van der Waals surface area contributed by atoms with E-state index in [9.17, 15) is 9.59 Å². The van der Waals surface area contributed by atoms with Crippen LogP contribution in [0.5, 0.6) is 17.2 Å². The van der Waals surface area contributed by atoms with Crippen LogP contribution in [-0.2, 0) is 4.79 Å². The van der Waals surface area contributed by atoms with E-state index in [2.05, 4.69) is 10.5 Å². The number of hydrogen-bond donors (Lipinski definition) is 1. The SMILES string of the molecule is COc1cc(/C=N/NC(=O)COc2cccc(C)c2)ccc1OC(=O)c1ccc(Cl)c(Cl)c1. The first kappa shape index (κ1) is 24.1. The second-order valence-electron chi connectivity index (χ2n) is 6.83. The number of esters is 1. The Balaban J connectivity index is 1.58. The molecule has 3 aromatic carbocycles. The topological polar surface area (TPSA) is 86.2 Å². The number of halogens is 2. The molecule has 0 fully saturated rings. The molecular formula is C24H20Cl2N2O5. The zero-order chi connectivity index (χ0) is 23.8. The predicted molar refractivity (Wildman–Crippen MR) is 127 cm³/mol. The highest BCUT2D eigenvalue weighted by Crippen LogP contribution is 2.29. The molecule has 7 nitrogen and oxygen atoms in total. The summed E-state index contributed by atoms with van der Waals surface area (Å²) in [6.07, 6.45) is 1.43. The molecule has 0 aliphatic heterocycles. The molecule has 1 N–H and O–H groups in total. The minimum absolute atomic E-state index is 0.173. The van der Waals surface area contributed by atoms with Crippen LogP contribution in [0, 0.1) is 6.92 Å². The fourth-order valence-corrected chi connectivity index (χ4v) is 2.99. The van der Waals surface area contributed by atoms with Gasteiger partial charge in [0.25, 0.3) is 5.91 Å². The van der Waals surface area contributed by atoms with Crippen molar-refractivity contribution in [2.45, 2.75) is 6.92 Å². The fraction of sp³-hybridized carbons (Fsp3) is 0.125. The van der Waals surface area contributed by atoms with Gasteiger partial charge >= 0.3 is 5.97 Å². The largest absolute Gasteiger partial charge is 0.493 e. The maximum Gasteiger partial charge on any atom is 0.343 e. The van der Waals surface area contributed by atoms with Gasteiger partial charge in [0, 0.05) is 0 Å². The van der Waals surface area contributed by atoms with Crippen LogP contribution >= 0.6 is 23.2 Å². The number of hydrogen-bond acceptors (Lipinski definition) is 6. The molecule has 0 radical (unpaired) electrons. The molecule has 3 aromatic rings. The van der Waals surface area contributed by atoms with Gasteiger partial charge in [-0.1, -0.05) is 35.3 Å². The second kappa shape index (κ2) is 11.4. The monoisotopic (exact) mass is 486 g/mol. The van der Waals surface area contributed by atoms with Gasteiger partial charge < -0.3 is 14.2 Å². The lowest BCUT2D eigenvalue weighted by atomic mass is 10.2. The Labute approximate surface area is 200 Å². The predicted octanol–water partition coefficient (Wildman–Crippen LogP) is 5.06. The molecule has 0 bridgehead atoms. The molecule has 0 heterocycles. The minimum atomic E-state index is -0.617. The van der Waals surface area contributed by atoms with E-state index < -0.39 is 11.9 Å². The molecular weight excluding hydrogens is 467 g/mol. The van der Waals surface area contributed by atoms with Crippen LogP contribution in [0.15, 0.2) is 65.8 Å². The Morgan fingerprint density at radius 3 is 2.55 bits per heavy atom. The maximum atomic E-state index is 12.4. The average Bonchev–Trinajstić information content (AvgIpc) is 2.80. The van der Waals surface area contributed by atoms with Crippen LogP contribution in [0.3, 0.4) is 0 Å². The van der Waals surface area contributed by atoms with Crippen LogP contribution in [0.1, 0.15) is 21.5 Å². The number of methoxy groups -OCH3 is 1. The van der Waals surface area contributed by atoms with Crippen molar-refractivity contribution in [3.05, 3.63) is 87.4 Å². The molecule has 0 spiro atoms. The Kier molecular flexibility index (Phi) is 8.29. The first-order valence-corrected chi connectivity index (χ1v) is 10.5. The highest BCUT2D eigenvalue weighted by atomic mass is 35.5. The van der Waals surface area contributed by atoms with Crippen LogP contribution in [-0.4, -0.2) is 31.8 Å². The first-order valence-electron chi connectivity index (χ1n) is 9.72. The highest BCUT2D eigenvalue weighted by Gasteiger charge is 2.14. The van der Waals surface area contributed by atoms with Crippen molar-refractivity contribution in [2.75, 3.05) is 13.7 Å². The van der Waals surface area contributed by atoms with E-state index in [4.69, 9.17) is 37.4 Å². The second-order valence-corrected chi connectivity index (χ2v) is 7.64. The lowest BCUT2D eigenvalue weighted by Gasteiger charge is -2.10. The minimum Gasteiger partial charge on any atom is -0.493 e. The number of nitrogens with one attached hydrogen (secondary N) is 1. The molecule has 0 aromatic heterocycles. The third-order valence-electron chi connectivity index (χ3n) is 4.31. The third-order valence-corrected chi connectivity index (χ3v) is 5.05. The quantitative estimate of drug-likeness (QED) is 0.208. The summed E-state index contributed by atoms with van der Waals surface area (Å²) < 4.78 is 16.1. The van der Waals surface area contributed by atoms with Gasteiger partial charge in [-0.3, -0.25) is 4.79 Å². The van der Waals surface area contributed by atoms with Gasteiger partial charge in [0.15, 0.2) is 18.1 Å². The van der Waals surface area contributed by atoms with Crippen LogP contribution < -0.4 is 19.6 Å². The van der Waals surface area contributed by atoms with Crippen molar-refractivity contribution in [3.63, 3.8) is 0 Å². The first-order chi connectivity index (χ1) is 15.9. The number of hydrazone groups is 1. The molecule has 33 heavy (non-hydrogen) atoms. The molecule has 0 aliphatic rings. The standard InChI is InChI=1S/C24H20Cl2N2O5/c1-15-4-3-5-18(10-15)32-14-23(29)28-27-13-16-6-9-21(22(11-16)31-2)33-24(30)17-7-8-19(25)20(26)12-17/h3-13H,14H2,1-2H3,(H,28,29)/b27-13+. The van der Waals surface area contributed by atoms with Crippen molar-refractivity contribution in [1.82, 2.24) is 5.43 Å². The summed E-state index contributed by atoms with van der Waals surface area (Å²) in [5, 5.41) is 4.49. The Hall–Kier alpha value is -3.55. The number of rotatable bonds is 8. The molecule has 0 atom stereocenters. The van der Waals surface area contributed by atoms with E-state index >= 15 is 0 Å². The number of nitrogens with zero attached hydrogens (tertiary/aromatic N) is 1. The average molecular weight is 487 g/mol. The van der Waals surface area contributed by atoms with E-state index in [-0.39, 0.29) is 22.9 Å². The van der Waals surface area contributed by atoms with E-state index in [1.807, 2.05) is 25.1 Å². The number of ether oxygens (including phenoxy) is 3. The summed E-state index contributed by atoms with van der Waals surface area (Å²) in [5.74, 6) is 0.0914. The van der Waals surface area contributed by atoms with Gasteiger partial charge in [-0.05, 0) is 66.6 Å². The van der Waals surface area contributed by atoms with E-state index in [1.54, 1.807) is 24.3 Å². The smallest absolute Gasteiger partial charge is 0.343 e. The Morgan fingerprint density at radius 1 is 1.00 bits per heavy atom. The van der Waals surface area contributed by atoms with Crippen molar-refractivity contribution in [1.29, 1.82) is 0 Å². The summed E-state index contributed by atoms with van der Waals surface area (Å²) in [5.41, 5.74) is 4.28. The Morgan fingerprint density at radius 2 is 1.82 bits per heavy atom. The number of aryl methyl sites for hydroxylation is 1. The van der Waals surface area contributed by atoms with Gasteiger partial charge in [0.1, 0.15) is 5.75 Å². The maximum absolute atomic E-state index is 12.4. The fourth-order valence-electron chi connectivity index (χ4n) is 2.70. The van der Waals surface area contributed by atoms with Crippen LogP contribution in [0.2, 0.25) is 10.0 Å². The molecule has 0 aliphatic carbocycles. The van der Waals surface area contributed by atoms with Crippen molar-refractivity contribution in [2.24, 2.45) is 5.10 Å². The highest BCUT2D eigenvalue weighted by molar-refractivity contribution is 6.42. The molecule has 170 valence electrons. The van der Waals surface area contributed by atoms with Crippen molar-refractivity contribution < 1.29 is 23.8 Å². The molecule has 0 unspecified atom stereocenters. The van der Waals surface area contributed by atoms with Crippen molar-refractivity contribution >= 4 is 41.3 Å². The van der Waals surface area contributed by atoms with Gasteiger partial charge in [-0.2, -0.15) is 5.10 Å². The van der Waals surface area contributed by atoms with E-state index in [0.29, 0.717) is 22.1 Å². The van der Waals surface area contributed by atoms with Crippen LogP contribution in [0.4, 0.5) is 0 Å². The number of carbonyl (C=O) groups is 2. The molecule has 9 heteroatoms. The zero-order valence-corrected chi connectivity index (χ0v) is 19.3. The van der Waals surface area contributed by atoms with Gasteiger partial charge in [0.2, 0.25) is 0 Å². The van der Waals surface area contributed by atoms with Gasteiger partial charge in [-0.25, -0.2) is 10.2 Å². The molecule has 0 saturated heterocycles. The molecule has 0 saturated carbocycles. The van der Waals surface area contributed by atoms with Crippen LogP contribution in [0.25, 0.3) is 0 Å².